The van der Waals surface area contributed by atoms with E-state index in [1.165, 1.54) is 0 Å². The van der Waals surface area contributed by atoms with E-state index in [1.54, 1.807) is 24.5 Å². The largest absolute Gasteiger partial charge is 0.357 e. The summed E-state index contributed by atoms with van der Waals surface area (Å²) >= 11 is 0. The van der Waals surface area contributed by atoms with Crippen LogP contribution in [0.4, 0.5) is 5.82 Å². The third-order valence-corrected chi connectivity index (χ3v) is 3.04. The van der Waals surface area contributed by atoms with Gasteiger partial charge in [-0.2, -0.15) is 5.10 Å². The minimum atomic E-state index is -0.146. The van der Waals surface area contributed by atoms with Crippen molar-refractivity contribution in [3.8, 4) is 0 Å². The first-order valence-corrected chi connectivity index (χ1v) is 6.24. The average molecular weight is 246 g/mol. The van der Waals surface area contributed by atoms with Crippen molar-refractivity contribution in [2.45, 2.75) is 32.7 Å². The van der Waals surface area contributed by atoms with Gasteiger partial charge in [-0.15, -0.1) is 0 Å². The van der Waals surface area contributed by atoms with E-state index in [1.807, 2.05) is 10.7 Å². The Balaban J connectivity index is 2.15. The first-order chi connectivity index (χ1) is 8.76. The summed E-state index contributed by atoms with van der Waals surface area (Å²) < 4.78 is 1.88. The standard InChI is InChI=1S/C13H18N4O/c1-3-10(4-2)17-12(7-9-15-17)16-13(18)11-6-5-8-14-11/h5-10,14H,3-4H2,1-2H3,(H,16,18). The number of aromatic amines is 1. The van der Waals surface area contributed by atoms with Crippen molar-refractivity contribution >= 4 is 11.7 Å². The van der Waals surface area contributed by atoms with Crippen molar-refractivity contribution < 1.29 is 4.79 Å². The summed E-state index contributed by atoms with van der Waals surface area (Å²) in [4.78, 5) is 14.8. The van der Waals surface area contributed by atoms with Crippen LogP contribution in [0, 0.1) is 0 Å². The van der Waals surface area contributed by atoms with Gasteiger partial charge < -0.3 is 10.3 Å². The van der Waals surface area contributed by atoms with Gasteiger partial charge in [-0.1, -0.05) is 13.8 Å². The molecule has 5 heteroatoms. The quantitative estimate of drug-likeness (QED) is 0.852. The van der Waals surface area contributed by atoms with Gasteiger partial charge in [0, 0.05) is 12.3 Å². The van der Waals surface area contributed by atoms with Crippen LogP contribution in [0.15, 0.2) is 30.6 Å². The van der Waals surface area contributed by atoms with E-state index in [2.05, 4.69) is 29.2 Å². The Bertz CT molecular complexity index is 497. The van der Waals surface area contributed by atoms with Gasteiger partial charge in [0.05, 0.1) is 12.2 Å². The molecule has 2 heterocycles. The number of rotatable bonds is 5. The molecule has 0 aliphatic carbocycles. The summed E-state index contributed by atoms with van der Waals surface area (Å²) in [7, 11) is 0. The van der Waals surface area contributed by atoms with Crippen LogP contribution in [0.5, 0.6) is 0 Å². The predicted molar refractivity (Wildman–Crippen MR) is 70.6 cm³/mol. The van der Waals surface area contributed by atoms with Crippen LogP contribution in [0.1, 0.15) is 43.2 Å². The lowest BCUT2D eigenvalue weighted by atomic mass is 10.2. The zero-order valence-electron chi connectivity index (χ0n) is 10.7. The SMILES string of the molecule is CCC(CC)n1nccc1NC(=O)c1ccc[nH]1. The van der Waals surface area contributed by atoms with Crippen molar-refractivity contribution in [2.75, 3.05) is 5.32 Å². The topological polar surface area (TPSA) is 62.7 Å². The molecule has 0 spiro atoms. The highest BCUT2D eigenvalue weighted by Gasteiger charge is 2.14. The van der Waals surface area contributed by atoms with Gasteiger partial charge in [0.15, 0.2) is 0 Å². The fourth-order valence-corrected chi connectivity index (χ4v) is 1.99. The molecule has 0 aromatic carbocycles. The van der Waals surface area contributed by atoms with Gasteiger partial charge in [0.1, 0.15) is 11.5 Å². The van der Waals surface area contributed by atoms with Gasteiger partial charge in [-0.3, -0.25) is 4.79 Å². The second-order valence-electron chi connectivity index (χ2n) is 4.17. The summed E-state index contributed by atoms with van der Waals surface area (Å²) in [6.07, 6.45) is 5.42. The molecule has 2 N–H and O–H groups in total. The van der Waals surface area contributed by atoms with Gasteiger partial charge in [0.25, 0.3) is 5.91 Å². The molecule has 0 aliphatic heterocycles. The highest BCUT2D eigenvalue weighted by atomic mass is 16.2. The monoisotopic (exact) mass is 246 g/mol. The summed E-state index contributed by atoms with van der Waals surface area (Å²) in [6, 6.07) is 5.68. The molecule has 0 bridgehead atoms. The number of aromatic nitrogens is 3. The Labute approximate surface area is 106 Å². The maximum Gasteiger partial charge on any atom is 0.273 e. The number of H-pyrrole nitrogens is 1. The molecule has 1 amide bonds. The molecular weight excluding hydrogens is 228 g/mol. The molecule has 0 aliphatic rings. The van der Waals surface area contributed by atoms with E-state index >= 15 is 0 Å². The molecule has 2 aromatic rings. The van der Waals surface area contributed by atoms with Crippen molar-refractivity contribution in [1.29, 1.82) is 0 Å². The minimum absolute atomic E-state index is 0.146. The summed E-state index contributed by atoms with van der Waals surface area (Å²) in [5.74, 6) is 0.594. The number of hydrogen-bond acceptors (Lipinski definition) is 2. The van der Waals surface area contributed by atoms with Gasteiger partial charge in [0.2, 0.25) is 0 Å². The number of carbonyl (C=O) groups is 1. The average Bonchev–Trinajstić information content (AvgIpc) is 3.02. The number of nitrogens with zero attached hydrogens (tertiary/aromatic N) is 2. The number of anilines is 1. The second-order valence-corrected chi connectivity index (χ2v) is 4.17. The zero-order chi connectivity index (χ0) is 13.0. The van der Waals surface area contributed by atoms with Crippen molar-refractivity contribution in [3.05, 3.63) is 36.3 Å². The summed E-state index contributed by atoms with van der Waals surface area (Å²) in [6.45, 7) is 4.23. The van der Waals surface area contributed by atoms with E-state index in [4.69, 9.17) is 0 Å². The first-order valence-electron chi connectivity index (χ1n) is 6.24. The third kappa shape index (κ3) is 2.45. The molecule has 0 saturated heterocycles. The van der Waals surface area contributed by atoms with Crippen LogP contribution in [-0.4, -0.2) is 20.7 Å². The molecule has 2 rings (SSSR count). The van der Waals surface area contributed by atoms with E-state index in [-0.39, 0.29) is 5.91 Å². The zero-order valence-corrected chi connectivity index (χ0v) is 10.7. The molecule has 5 nitrogen and oxygen atoms in total. The minimum Gasteiger partial charge on any atom is -0.357 e. The maximum absolute atomic E-state index is 11.9. The summed E-state index contributed by atoms with van der Waals surface area (Å²) in [5, 5.41) is 7.16. The molecule has 0 atom stereocenters. The normalized spacial score (nSPS) is 10.8. The smallest absolute Gasteiger partial charge is 0.273 e. The van der Waals surface area contributed by atoms with Crippen LogP contribution in [0.2, 0.25) is 0 Å². The van der Waals surface area contributed by atoms with Crippen LogP contribution in [-0.2, 0) is 0 Å². The third-order valence-electron chi connectivity index (χ3n) is 3.04. The maximum atomic E-state index is 11.9. The van der Waals surface area contributed by atoms with Crippen LogP contribution in [0.25, 0.3) is 0 Å². The Hall–Kier alpha value is -2.04. The lowest BCUT2D eigenvalue weighted by molar-refractivity contribution is 0.102. The fourth-order valence-electron chi connectivity index (χ4n) is 1.99. The number of hydrogen-bond donors (Lipinski definition) is 2. The van der Waals surface area contributed by atoms with Crippen molar-refractivity contribution in [3.63, 3.8) is 0 Å². The molecular formula is C13H18N4O. The highest BCUT2D eigenvalue weighted by molar-refractivity contribution is 6.02. The van der Waals surface area contributed by atoms with Gasteiger partial charge in [-0.05, 0) is 25.0 Å². The van der Waals surface area contributed by atoms with Crippen molar-refractivity contribution in [1.82, 2.24) is 14.8 Å². The number of nitrogens with one attached hydrogen (secondary N) is 2. The van der Waals surface area contributed by atoms with Crippen LogP contribution < -0.4 is 5.32 Å². The molecule has 0 fully saturated rings. The predicted octanol–water partition coefficient (Wildman–Crippen LogP) is 2.82. The molecule has 0 radical (unpaired) electrons. The van der Waals surface area contributed by atoms with E-state index in [9.17, 15) is 4.79 Å². The molecule has 18 heavy (non-hydrogen) atoms. The number of amides is 1. The van der Waals surface area contributed by atoms with Gasteiger partial charge >= 0.3 is 0 Å². The fraction of sp³-hybridized carbons (Fsp3) is 0.385. The highest BCUT2D eigenvalue weighted by Crippen LogP contribution is 2.20. The second kappa shape index (κ2) is 5.53. The Morgan fingerprint density at radius 1 is 1.44 bits per heavy atom. The molecule has 2 aromatic heterocycles. The van der Waals surface area contributed by atoms with E-state index in [0.29, 0.717) is 11.7 Å². The molecule has 96 valence electrons. The lowest BCUT2D eigenvalue weighted by Crippen LogP contribution is -2.18. The van der Waals surface area contributed by atoms with Crippen LogP contribution in [0.3, 0.4) is 0 Å². The summed E-state index contributed by atoms with van der Waals surface area (Å²) in [5.41, 5.74) is 0.548. The Morgan fingerprint density at radius 3 is 2.83 bits per heavy atom. The van der Waals surface area contributed by atoms with Crippen molar-refractivity contribution in [2.24, 2.45) is 0 Å². The van der Waals surface area contributed by atoms with Gasteiger partial charge in [-0.25, -0.2) is 4.68 Å². The van der Waals surface area contributed by atoms with Crippen LogP contribution >= 0.6 is 0 Å². The lowest BCUT2D eigenvalue weighted by Gasteiger charge is -2.16. The first kappa shape index (κ1) is 12.4. The van der Waals surface area contributed by atoms with E-state index in [0.717, 1.165) is 18.7 Å². The number of carbonyl (C=O) groups excluding carboxylic acids is 1. The molecule has 0 unspecified atom stereocenters. The van der Waals surface area contributed by atoms with E-state index < -0.39 is 0 Å². The molecule has 0 saturated carbocycles. The Morgan fingerprint density at radius 2 is 2.22 bits per heavy atom. The Kier molecular flexibility index (Phi) is 3.82.